The normalized spacial score (nSPS) is 18.6. The molecule has 17 heavy (non-hydrogen) atoms. The summed E-state index contributed by atoms with van der Waals surface area (Å²) in [5.74, 6) is 1.59. The van der Waals surface area contributed by atoms with Gasteiger partial charge in [0.05, 0.1) is 6.10 Å². The highest BCUT2D eigenvalue weighted by Gasteiger charge is 2.25. The summed E-state index contributed by atoms with van der Waals surface area (Å²) in [6, 6.07) is 8.34. The van der Waals surface area contributed by atoms with Gasteiger partial charge in [0.2, 0.25) is 0 Å². The van der Waals surface area contributed by atoms with Gasteiger partial charge in [0.25, 0.3) is 0 Å². The average Bonchev–Trinajstić information content (AvgIpc) is 2.81. The van der Waals surface area contributed by atoms with Gasteiger partial charge in [-0.2, -0.15) is 0 Å². The molecule has 0 bridgehead atoms. The van der Waals surface area contributed by atoms with E-state index >= 15 is 0 Å². The molecule has 1 fully saturated rings. The number of rotatable bonds is 4. The molecule has 1 aliphatic carbocycles. The van der Waals surface area contributed by atoms with E-state index in [4.69, 9.17) is 10.5 Å². The Morgan fingerprint density at radius 3 is 2.47 bits per heavy atom. The molecule has 0 unspecified atom stereocenters. The summed E-state index contributed by atoms with van der Waals surface area (Å²) in [6.45, 7) is 4.11. The molecular weight excluding hydrogens is 210 g/mol. The van der Waals surface area contributed by atoms with Gasteiger partial charge in [-0.1, -0.05) is 31.0 Å². The lowest BCUT2D eigenvalue weighted by molar-refractivity contribution is 0.236. The summed E-state index contributed by atoms with van der Waals surface area (Å²) in [4.78, 5) is 0. The van der Waals surface area contributed by atoms with Gasteiger partial charge in [-0.05, 0) is 38.7 Å². The van der Waals surface area contributed by atoms with Crippen LogP contribution in [0.1, 0.15) is 51.1 Å². The Labute approximate surface area is 104 Å². The fourth-order valence-electron chi connectivity index (χ4n) is 2.69. The first kappa shape index (κ1) is 12.4. The lowest BCUT2D eigenvalue weighted by atomic mass is 9.92. The monoisotopic (exact) mass is 233 g/mol. The van der Waals surface area contributed by atoms with Crippen LogP contribution in [0.25, 0.3) is 0 Å². The highest BCUT2D eigenvalue weighted by atomic mass is 16.5. The molecule has 2 rings (SSSR count). The van der Waals surface area contributed by atoms with E-state index < -0.39 is 0 Å². The van der Waals surface area contributed by atoms with Gasteiger partial charge < -0.3 is 10.5 Å². The second-order valence-corrected chi connectivity index (χ2v) is 5.27. The maximum absolute atomic E-state index is 6.40. The fourth-order valence-corrected chi connectivity index (χ4v) is 2.69. The summed E-state index contributed by atoms with van der Waals surface area (Å²) in [5.41, 5.74) is 7.57. The van der Waals surface area contributed by atoms with E-state index in [9.17, 15) is 0 Å². The Morgan fingerprint density at radius 1 is 1.18 bits per heavy atom. The summed E-state index contributed by atoms with van der Waals surface area (Å²) < 4.78 is 5.85. The largest absolute Gasteiger partial charge is 0.491 e. The SMILES string of the molecule is CC(C)Oc1ccccc1[C@H](N)C1CCCC1. The Kier molecular flexibility index (Phi) is 4.06. The van der Waals surface area contributed by atoms with Gasteiger partial charge in [-0.25, -0.2) is 0 Å². The molecular formula is C15H23NO. The van der Waals surface area contributed by atoms with E-state index in [1.54, 1.807) is 0 Å². The Bertz CT molecular complexity index is 356. The molecule has 2 heteroatoms. The zero-order valence-corrected chi connectivity index (χ0v) is 10.9. The van der Waals surface area contributed by atoms with Crippen molar-refractivity contribution in [3.05, 3.63) is 29.8 Å². The third-order valence-corrected chi connectivity index (χ3v) is 3.55. The molecule has 1 aromatic carbocycles. The maximum atomic E-state index is 6.40. The summed E-state index contributed by atoms with van der Waals surface area (Å²) in [5, 5.41) is 0. The second kappa shape index (κ2) is 5.54. The van der Waals surface area contributed by atoms with Gasteiger partial charge in [-0.3, -0.25) is 0 Å². The minimum Gasteiger partial charge on any atom is -0.491 e. The van der Waals surface area contributed by atoms with E-state index in [-0.39, 0.29) is 12.1 Å². The standard InChI is InChI=1S/C15H23NO/c1-11(2)17-14-10-6-5-9-13(14)15(16)12-7-3-4-8-12/h5-6,9-12,15H,3-4,7-8,16H2,1-2H3/t15-/m1/s1. The second-order valence-electron chi connectivity index (χ2n) is 5.27. The fraction of sp³-hybridized carbons (Fsp3) is 0.600. The van der Waals surface area contributed by atoms with Gasteiger partial charge >= 0.3 is 0 Å². The molecule has 2 N–H and O–H groups in total. The number of para-hydroxylation sites is 1. The molecule has 0 radical (unpaired) electrons. The molecule has 0 saturated heterocycles. The van der Waals surface area contributed by atoms with Crippen molar-refractivity contribution in [2.75, 3.05) is 0 Å². The molecule has 0 aromatic heterocycles. The quantitative estimate of drug-likeness (QED) is 0.861. The van der Waals surface area contributed by atoms with Crippen LogP contribution in [-0.4, -0.2) is 6.10 Å². The zero-order chi connectivity index (χ0) is 12.3. The minimum atomic E-state index is 0.132. The lowest BCUT2D eigenvalue weighted by Crippen LogP contribution is -2.20. The van der Waals surface area contributed by atoms with Crippen molar-refractivity contribution in [1.82, 2.24) is 0 Å². The molecule has 1 saturated carbocycles. The molecule has 1 atom stereocenters. The molecule has 0 amide bonds. The predicted octanol–water partition coefficient (Wildman–Crippen LogP) is 3.66. The van der Waals surface area contributed by atoms with Gasteiger partial charge in [0.1, 0.15) is 5.75 Å². The van der Waals surface area contributed by atoms with Crippen molar-refractivity contribution in [3.8, 4) is 5.75 Å². The van der Waals surface area contributed by atoms with Crippen LogP contribution >= 0.6 is 0 Å². The van der Waals surface area contributed by atoms with E-state index in [1.165, 1.54) is 31.2 Å². The van der Waals surface area contributed by atoms with E-state index in [1.807, 2.05) is 12.1 Å². The number of benzene rings is 1. The number of nitrogens with two attached hydrogens (primary N) is 1. The van der Waals surface area contributed by atoms with Gasteiger partial charge in [0, 0.05) is 11.6 Å². The average molecular weight is 233 g/mol. The van der Waals surface area contributed by atoms with Crippen LogP contribution in [0.2, 0.25) is 0 Å². The minimum absolute atomic E-state index is 0.132. The number of ether oxygens (including phenoxy) is 1. The van der Waals surface area contributed by atoms with Gasteiger partial charge in [0.15, 0.2) is 0 Å². The molecule has 2 nitrogen and oxygen atoms in total. The molecule has 0 spiro atoms. The molecule has 0 aliphatic heterocycles. The highest BCUT2D eigenvalue weighted by Crippen LogP contribution is 2.37. The maximum Gasteiger partial charge on any atom is 0.124 e. The van der Waals surface area contributed by atoms with Crippen molar-refractivity contribution in [2.45, 2.75) is 51.7 Å². The molecule has 1 aliphatic rings. The van der Waals surface area contributed by atoms with Crippen molar-refractivity contribution in [3.63, 3.8) is 0 Å². The topological polar surface area (TPSA) is 35.2 Å². The zero-order valence-electron chi connectivity index (χ0n) is 10.9. The van der Waals surface area contributed by atoms with Crippen molar-refractivity contribution < 1.29 is 4.74 Å². The van der Waals surface area contributed by atoms with Crippen molar-refractivity contribution >= 4 is 0 Å². The summed E-state index contributed by atoms with van der Waals surface area (Å²) in [6.07, 6.45) is 5.37. The third-order valence-electron chi connectivity index (χ3n) is 3.55. The predicted molar refractivity (Wildman–Crippen MR) is 71.1 cm³/mol. The first-order valence-electron chi connectivity index (χ1n) is 6.69. The summed E-state index contributed by atoms with van der Waals surface area (Å²) in [7, 11) is 0. The number of hydrogen-bond donors (Lipinski definition) is 1. The van der Waals surface area contributed by atoms with Crippen LogP contribution < -0.4 is 10.5 Å². The first-order chi connectivity index (χ1) is 8.18. The smallest absolute Gasteiger partial charge is 0.124 e. The number of hydrogen-bond acceptors (Lipinski definition) is 2. The Morgan fingerprint density at radius 2 is 1.82 bits per heavy atom. The van der Waals surface area contributed by atoms with E-state index in [2.05, 4.69) is 26.0 Å². The summed E-state index contributed by atoms with van der Waals surface area (Å²) >= 11 is 0. The Balaban J connectivity index is 2.18. The van der Waals surface area contributed by atoms with Crippen LogP contribution in [0, 0.1) is 5.92 Å². The van der Waals surface area contributed by atoms with Crippen molar-refractivity contribution in [2.24, 2.45) is 11.7 Å². The van der Waals surface area contributed by atoms with Crippen LogP contribution in [-0.2, 0) is 0 Å². The van der Waals surface area contributed by atoms with E-state index in [0.29, 0.717) is 5.92 Å². The molecule has 0 heterocycles. The lowest BCUT2D eigenvalue weighted by Gasteiger charge is -2.23. The van der Waals surface area contributed by atoms with Crippen LogP contribution in [0.15, 0.2) is 24.3 Å². The third kappa shape index (κ3) is 3.01. The molecule has 94 valence electrons. The van der Waals surface area contributed by atoms with E-state index in [0.717, 1.165) is 5.75 Å². The molecule has 1 aromatic rings. The van der Waals surface area contributed by atoms with Crippen molar-refractivity contribution in [1.29, 1.82) is 0 Å². The van der Waals surface area contributed by atoms with Gasteiger partial charge in [-0.15, -0.1) is 0 Å². The highest BCUT2D eigenvalue weighted by molar-refractivity contribution is 5.36. The van der Waals surface area contributed by atoms with Crippen LogP contribution in [0.3, 0.4) is 0 Å². The van der Waals surface area contributed by atoms with Crippen LogP contribution in [0.4, 0.5) is 0 Å². The van der Waals surface area contributed by atoms with Crippen LogP contribution in [0.5, 0.6) is 5.75 Å². The Hall–Kier alpha value is -1.02. The first-order valence-corrected chi connectivity index (χ1v) is 6.69.